The van der Waals surface area contributed by atoms with Gasteiger partial charge in [-0.15, -0.1) is 0 Å². The molecule has 0 aliphatic heterocycles. The van der Waals surface area contributed by atoms with Crippen LogP contribution in [-0.4, -0.2) is 27.4 Å². The number of aryl methyl sites for hydroxylation is 1. The van der Waals surface area contributed by atoms with Gasteiger partial charge in [-0.2, -0.15) is 5.10 Å². The van der Waals surface area contributed by atoms with Gasteiger partial charge in [0.2, 0.25) is 5.91 Å². The third kappa shape index (κ3) is 4.72. The number of benzene rings is 1. The number of nitrogens with one attached hydrogen (secondary N) is 2. The Bertz CT molecular complexity index is 1010. The van der Waals surface area contributed by atoms with Gasteiger partial charge < -0.3 is 14.6 Å². The van der Waals surface area contributed by atoms with Gasteiger partial charge in [-0.25, -0.2) is 0 Å². The number of H-pyrrole nitrogens is 1. The topological polar surface area (TPSA) is 93.0 Å². The molecule has 3 aromatic rings. The van der Waals surface area contributed by atoms with Gasteiger partial charge in [-0.05, 0) is 43.7 Å². The molecule has 0 saturated heterocycles. The van der Waals surface area contributed by atoms with Gasteiger partial charge in [-0.1, -0.05) is 37.2 Å². The Morgan fingerprint density at radius 3 is 2.90 bits per heavy atom. The molecule has 1 unspecified atom stereocenters. The van der Waals surface area contributed by atoms with Crippen LogP contribution in [0.25, 0.3) is 0 Å². The quantitative estimate of drug-likeness (QED) is 0.590. The highest BCUT2D eigenvalue weighted by Gasteiger charge is 2.29. The highest BCUT2D eigenvalue weighted by molar-refractivity contribution is 5.91. The maximum Gasteiger partial charge on any atom is 0.233 e. The standard InChI is InChI=1S/C23H28N4O3/c1-14(2)19-6-4-5-7-21(19)29-17-9-8-16(11-17)20-13-22(26-25-20)24-23(28)12-18-10-15(3)27-30-18/h4-7,10,13-14,16-17H,8-9,11-12H2,1-3H3,(H2,24,25,26,28)/t16?,17-/m1/s1. The molecule has 2 N–H and O–H groups in total. The van der Waals surface area contributed by atoms with Crippen LogP contribution in [0.1, 0.15) is 67.7 Å². The Morgan fingerprint density at radius 2 is 2.13 bits per heavy atom. The number of ether oxygens (including phenoxy) is 1. The van der Waals surface area contributed by atoms with E-state index in [1.807, 2.05) is 19.1 Å². The van der Waals surface area contributed by atoms with E-state index in [1.54, 1.807) is 6.07 Å². The minimum Gasteiger partial charge on any atom is -0.490 e. The fourth-order valence-electron chi connectivity index (χ4n) is 4.03. The molecule has 0 spiro atoms. The molecule has 7 nitrogen and oxygen atoms in total. The van der Waals surface area contributed by atoms with E-state index < -0.39 is 0 Å². The Hall–Kier alpha value is -3.09. The van der Waals surface area contributed by atoms with E-state index in [-0.39, 0.29) is 18.4 Å². The summed E-state index contributed by atoms with van der Waals surface area (Å²) in [6.45, 7) is 6.19. The molecule has 1 aliphatic carbocycles. The zero-order valence-corrected chi connectivity index (χ0v) is 17.6. The highest BCUT2D eigenvalue weighted by atomic mass is 16.5. The molecule has 1 fully saturated rings. The number of hydrogen-bond acceptors (Lipinski definition) is 5. The van der Waals surface area contributed by atoms with Crippen molar-refractivity contribution in [2.45, 2.75) is 64.4 Å². The summed E-state index contributed by atoms with van der Waals surface area (Å²) in [6.07, 6.45) is 3.28. The van der Waals surface area contributed by atoms with E-state index in [0.717, 1.165) is 36.4 Å². The number of rotatable bonds is 7. The first-order valence-electron chi connectivity index (χ1n) is 10.5. The fraction of sp³-hybridized carbons (Fsp3) is 0.435. The van der Waals surface area contributed by atoms with Crippen molar-refractivity contribution in [3.8, 4) is 5.75 Å². The molecule has 1 amide bonds. The van der Waals surface area contributed by atoms with Crippen LogP contribution in [0.3, 0.4) is 0 Å². The molecule has 1 aliphatic rings. The number of carbonyl (C=O) groups excluding carboxylic acids is 1. The minimum absolute atomic E-state index is 0.137. The molecule has 1 aromatic carbocycles. The van der Waals surface area contributed by atoms with Gasteiger partial charge in [0.15, 0.2) is 5.82 Å². The fourth-order valence-corrected chi connectivity index (χ4v) is 4.03. The van der Waals surface area contributed by atoms with Crippen molar-refractivity contribution in [3.05, 3.63) is 59.1 Å². The summed E-state index contributed by atoms with van der Waals surface area (Å²) in [5.41, 5.74) is 3.03. The number of carbonyl (C=O) groups is 1. The third-order valence-corrected chi connectivity index (χ3v) is 5.54. The average molecular weight is 409 g/mol. The first kappa shape index (κ1) is 20.2. The summed E-state index contributed by atoms with van der Waals surface area (Å²) in [4.78, 5) is 12.2. The lowest BCUT2D eigenvalue weighted by Crippen LogP contribution is -2.14. The van der Waals surface area contributed by atoms with Gasteiger partial charge in [0.05, 0.1) is 18.2 Å². The second-order valence-corrected chi connectivity index (χ2v) is 8.31. The molecule has 0 bridgehead atoms. The molecule has 7 heteroatoms. The molecular formula is C23H28N4O3. The Morgan fingerprint density at radius 1 is 1.30 bits per heavy atom. The van der Waals surface area contributed by atoms with Crippen molar-refractivity contribution >= 4 is 11.7 Å². The SMILES string of the molecule is Cc1cc(CC(=O)Nc2cc(C3CC[C@@H](Oc4ccccc4C(C)C)C3)[nH]n2)on1. The Labute approximate surface area is 176 Å². The molecule has 0 radical (unpaired) electrons. The van der Waals surface area contributed by atoms with Crippen LogP contribution in [0.5, 0.6) is 5.75 Å². The normalized spacial score (nSPS) is 18.7. The van der Waals surface area contributed by atoms with Gasteiger partial charge in [0.25, 0.3) is 0 Å². The molecule has 30 heavy (non-hydrogen) atoms. The number of anilines is 1. The smallest absolute Gasteiger partial charge is 0.233 e. The van der Waals surface area contributed by atoms with Crippen molar-refractivity contribution in [3.63, 3.8) is 0 Å². The molecular weight excluding hydrogens is 380 g/mol. The molecule has 2 aromatic heterocycles. The van der Waals surface area contributed by atoms with E-state index in [9.17, 15) is 4.79 Å². The molecule has 4 rings (SSSR count). The molecule has 2 heterocycles. The summed E-state index contributed by atoms with van der Waals surface area (Å²) in [6, 6.07) is 11.9. The van der Waals surface area contributed by atoms with Gasteiger partial charge in [0.1, 0.15) is 11.5 Å². The number of hydrogen-bond donors (Lipinski definition) is 2. The van der Waals surface area contributed by atoms with Crippen molar-refractivity contribution in [1.82, 2.24) is 15.4 Å². The van der Waals surface area contributed by atoms with E-state index in [1.165, 1.54) is 5.56 Å². The van der Waals surface area contributed by atoms with Crippen molar-refractivity contribution in [2.24, 2.45) is 0 Å². The average Bonchev–Trinajstić information content (AvgIpc) is 3.44. The summed E-state index contributed by atoms with van der Waals surface area (Å²) < 4.78 is 11.4. The van der Waals surface area contributed by atoms with E-state index in [2.05, 4.69) is 52.7 Å². The van der Waals surface area contributed by atoms with Crippen molar-refractivity contribution in [2.75, 3.05) is 5.32 Å². The van der Waals surface area contributed by atoms with E-state index in [0.29, 0.717) is 23.4 Å². The third-order valence-electron chi connectivity index (χ3n) is 5.54. The minimum atomic E-state index is -0.179. The van der Waals surface area contributed by atoms with Crippen LogP contribution in [0.2, 0.25) is 0 Å². The van der Waals surface area contributed by atoms with Crippen LogP contribution < -0.4 is 10.1 Å². The zero-order valence-electron chi connectivity index (χ0n) is 17.6. The number of amides is 1. The largest absolute Gasteiger partial charge is 0.490 e. The first-order valence-corrected chi connectivity index (χ1v) is 10.5. The van der Waals surface area contributed by atoms with Crippen molar-refractivity contribution in [1.29, 1.82) is 0 Å². The summed E-state index contributed by atoms with van der Waals surface area (Å²) >= 11 is 0. The lowest BCUT2D eigenvalue weighted by atomic mass is 10.0. The number of nitrogens with zero attached hydrogens (tertiary/aromatic N) is 2. The summed E-state index contributed by atoms with van der Waals surface area (Å²) in [5, 5.41) is 13.9. The van der Waals surface area contributed by atoms with Crippen LogP contribution >= 0.6 is 0 Å². The second kappa shape index (κ2) is 8.73. The van der Waals surface area contributed by atoms with Crippen LogP contribution in [0, 0.1) is 6.92 Å². The zero-order chi connectivity index (χ0) is 21.1. The Kier molecular flexibility index (Phi) is 5.88. The van der Waals surface area contributed by atoms with Crippen LogP contribution in [-0.2, 0) is 11.2 Å². The summed E-state index contributed by atoms with van der Waals surface area (Å²) in [7, 11) is 0. The second-order valence-electron chi connectivity index (χ2n) is 8.31. The van der Waals surface area contributed by atoms with Gasteiger partial charge >= 0.3 is 0 Å². The van der Waals surface area contributed by atoms with Gasteiger partial charge in [-0.3, -0.25) is 9.89 Å². The van der Waals surface area contributed by atoms with E-state index >= 15 is 0 Å². The number of aromatic nitrogens is 3. The van der Waals surface area contributed by atoms with Gasteiger partial charge in [0, 0.05) is 23.7 Å². The maximum atomic E-state index is 12.2. The monoisotopic (exact) mass is 408 g/mol. The van der Waals surface area contributed by atoms with Crippen molar-refractivity contribution < 1.29 is 14.1 Å². The highest BCUT2D eigenvalue weighted by Crippen LogP contribution is 2.37. The van der Waals surface area contributed by atoms with E-state index in [4.69, 9.17) is 9.26 Å². The van der Waals surface area contributed by atoms with Crippen LogP contribution in [0.4, 0.5) is 5.82 Å². The number of aromatic amines is 1. The molecule has 2 atom stereocenters. The van der Waals surface area contributed by atoms with Crippen LogP contribution in [0.15, 0.2) is 40.9 Å². The predicted molar refractivity (Wildman–Crippen MR) is 114 cm³/mol. The maximum absolute atomic E-state index is 12.2. The Balaban J connectivity index is 1.33. The molecule has 1 saturated carbocycles. The lowest BCUT2D eigenvalue weighted by Gasteiger charge is -2.18. The lowest BCUT2D eigenvalue weighted by molar-refractivity contribution is -0.115. The predicted octanol–water partition coefficient (Wildman–Crippen LogP) is 4.73. The summed E-state index contributed by atoms with van der Waals surface area (Å²) in [5.74, 6) is 2.65. The number of para-hydroxylation sites is 1. The first-order chi connectivity index (χ1) is 14.5. The molecule has 158 valence electrons.